The van der Waals surface area contributed by atoms with E-state index >= 15 is 0 Å². The first-order valence-electron chi connectivity index (χ1n) is 7.83. The van der Waals surface area contributed by atoms with Crippen molar-refractivity contribution in [1.82, 2.24) is 9.97 Å². The van der Waals surface area contributed by atoms with E-state index in [4.69, 9.17) is 4.74 Å². The highest BCUT2D eigenvalue weighted by Crippen LogP contribution is 2.16. The summed E-state index contributed by atoms with van der Waals surface area (Å²) >= 11 is 0. The van der Waals surface area contributed by atoms with Crippen LogP contribution >= 0.6 is 0 Å². The summed E-state index contributed by atoms with van der Waals surface area (Å²) in [5.74, 6) is -1.01. The molecule has 0 bridgehead atoms. The van der Waals surface area contributed by atoms with Gasteiger partial charge in [0.2, 0.25) is 0 Å². The van der Waals surface area contributed by atoms with Crippen molar-refractivity contribution in [2.24, 2.45) is 0 Å². The number of amides is 1. The van der Waals surface area contributed by atoms with Gasteiger partial charge in [-0.15, -0.1) is 0 Å². The lowest BCUT2D eigenvalue weighted by molar-refractivity contribution is -0.123. The molecule has 3 rings (SSSR count). The molecule has 6 heteroatoms. The van der Waals surface area contributed by atoms with Crippen LogP contribution in [0.15, 0.2) is 54.9 Å². The maximum atomic E-state index is 12.4. The first-order chi connectivity index (χ1) is 12.0. The van der Waals surface area contributed by atoms with E-state index in [-0.39, 0.29) is 5.56 Å². The van der Waals surface area contributed by atoms with Crippen molar-refractivity contribution < 1.29 is 14.3 Å². The van der Waals surface area contributed by atoms with E-state index in [0.717, 1.165) is 5.56 Å². The van der Waals surface area contributed by atoms with Gasteiger partial charge in [0, 0.05) is 18.1 Å². The molecule has 25 heavy (non-hydrogen) atoms. The fraction of sp³-hybridized carbons (Fsp3) is 0.158. The number of nitrogens with zero attached hydrogens (tertiary/aromatic N) is 2. The molecule has 0 radical (unpaired) electrons. The van der Waals surface area contributed by atoms with Crippen molar-refractivity contribution in [2.75, 3.05) is 5.32 Å². The van der Waals surface area contributed by atoms with Crippen molar-refractivity contribution in [1.29, 1.82) is 0 Å². The molecule has 3 aromatic rings. The lowest BCUT2D eigenvalue weighted by Gasteiger charge is -2.14. The number of rotatable bonds is 4. The quantitative estimate of drug-likeness (QED) is 0.741. The predicted octanol–water partition coefficient (Wildman–Crippen LogP) is 3.12. The Kier molecular flexibility index (Phi) is 4.70. The van der Waals surface area contributed by atoms with Crippen LogP contribution in [0.2, 0.25) is 0 Å². The van der Waals surface area contributed by atoms with Gasteiger partial charge in [-0.05, 0) is 38.1 Å². The summed E-state index contributed by atoms with van der Waals surface area (Å²) in [5, 5.41) is 2.72. The largest absolute Gasteiger partial charge is 0.449 e. The zero-order valence-corrected chi connectivity index (χ0v) is 13.9. The van der Waals surface area contributed by atoms with Gasteiger partial charge in [-0.1, -0.05) is 23.8 Å². The van der Waals surface area contributed by atoms with E-state index in [0.29, 0.717) is 16.7 Å². The zero-order valence-electron chi connectivity index (χ0n) is 13.9. The highest BCUT2D eigenvalue weighted by Gasteiger charge is 2.21. The second-order valence-electron chi connectivity index (χ2n) is 5.63. The number of ether oxygens (including phenoxy) is 1. The summed E-state index contributed by atoms with van der Waals surface area (Å²) < 4.78 is 5.28. The van der Waals surface area contributed by atoms with E-state index in [2.05, 4.69) is 15.3 Å². The molecule has 2 aromatic carbocycles. The third kappa shape index (κ3) is 3.80. The number of benzene rings is 2. The van der Waals surface area contributed by atoms with Crippen molar-refractivity contribution >= 4 is 28.6 Å². The SMILES string of the molecule is Cc1ccc(NC(=O)C(C)OC(=O)c2cccc3nccnc23)cc1. The number of nitrogens with one attached hydrogen (secondary N) is 1. The molecule has 1 aromatic heterocycles. The van der Waals surface area contributed by atoms with Gasteiger partial charge in [0.05, 0.1) is 11.1 Å². The lowest BCUT2D eigenvalue weighted by Crippen LogP contribution is -2.30. The van der Waals surface area contributed by atoms with Crippen LogP contribution in [0.25, 0.3) is 11.0 Å². The van der Waals surface area contributed by atoms with Crippen molar-refractivity contribution in [3.05, 3.63) is 66.0 Å². The topological polar surface area (TPSA) is 81.2 Å². The number of hydrogen-bond acceptors (Lipinski definition) is 5. The molecule has 126 valence electrons. The average Bonchev–Trinajstić information content (AvgIpc) is 2.63. The summed E-state index contributed by atoms with van der Waals surface area (Å²) in [4.78, 5) is 32.9. The highest BCUT2D eigenvalue weighted by atomic mass is 16.5. The van der Waals surface area contributed by atoms with Gasteiger partial charge in [-0.25, -0.2) is 4.79 Å². The van der Waals surface area contributed by atoms with Gasteiger partial charge in [0.1, 0.15) is 5.52 Å². The number of aromatic nitrogens is 2. The molecular formula is C19H17N3O3. The Labute approximate surface area is 144 Å². The van der Waals surface area contributed by atoms with E-state index in [1.807, 2.05) is 19.1 Å². The first kappa shape index (κ1) is 16.6. The second-order valence-corrected chi connectivity index (χ2v) is 5.63. The molecule has 1 unspecified atom stereocenters. The number of fused-ring (bicyclic) bond motifs is 1. The molecule has 1 amide bonds. The summed E-state index contributed by atoms with van der Waals surface area (Å²) in [7, 11) is 0. The van der Waals surface area contributed by atoms with Crippen LogP contribution in [-0.4, -0.2) is 27.9 Å². The fourth-order valence-electron chi connectivity index (χ4n) is 2.32. The summed E-state index contributed by atoms with van der Waals surface area (Å²) in [5.41, 5.74) is 3.06. The molecular weight excluding hydrogens is 318 g/mol. The van der Waals surface area contributed by atoms with E-state index in [1.54, 1.807) is 36.5 Å². The Morgan fingerprint density at radius 2 is 1.76 bits per heavy atom. The van der Waals surface area contributed by atoms with Crippen LogP contribution in [0.1, 0.15) is 22.8 Å². The van der Waals surface area contributed by atoms with Crippen LogP contribution in [0.4, 0.5) is 5.69 Å². The van der Waals surface area contributed by atoms with Crippen LogP contribution in [0, 0.1) is 6.92 Å². The Morgan fingerprint density at radius 1 is 1.04 bits per heavy atom. The number of aryl methyl sites for hydroxylation is 1. The van der Waals surface area contributed by atoms with Crippen LogP contribution in [0.5, 0.6) is 0 Å². The zero-order chi connectivity index (χ0) is 17.8. The molecule has 0 fully saturated rings. The van der Waals surface area contributed by atoms with E-state index < -0.39 is 18.0 Å². The minimum atomic E-state index is -0.944. The van der Waals surface area contributed by atoms with Crippen LogP contribution in [0.3, 0.4) is 0 Å². The standard InChI is InChI=1S/C19H17N3O3/c1-12-6-8-14(9-7-12)22-18(23)13(2)25-19(24)15-4-3-5-16-17(15)21-11-10-20-16/h3-11,13H,1-2H3,(H,22,23). The normalized spacial score (nSPS) is 11.8. The number of anilines is 1. The minimum absolute atomic E-state index is 0.278. The Bertz CT molecular complexity index is 917. The maximum Gasteiger partial charge on any atom is 0.341 e. The summed E-state index contributed by atoms with van der Waals surface area (Å²) in [6.07, 6.45) is 2.11. The number of hydrogen-bond donors (Lipinski definition) is 1. The monoisotopic (exact) mass is 335 g/mol. The Hall–Kier alpha value is -3.28. The summed E-state index contributed by atoms with van der Waals surface area (Å²) in [6, 6.07) is 12.4. The molecule has 1 atom stereocenters. The van der Waals surface area contributed by atoms with Gasteiger partial charge < -0.3 is 10.1 Å². The van der Waals surface area contributed by atoms with Gasteiger partial charge >= 0.3 is 5.97 Å². The third-order valence-corrected chi connectivity index (χ3v) is 3.69. The Balaban J connectivity index is 1.71. The second kappa shape index (κ2) is 7.09. The number of para-hydroxylation sites is 1. The smallest absolute Gasteiger partial charge is 0.341 e. The van der Waals surface area contributed by atoms with Crippen molar-refractivity contribution in [2.45, 2.75) is 20.0 Å². The molecule has 1 N–H and O–H groups in total. The van der Waals surface area contributed by atoms with Gasteiger partial charge in [-0.3, -0.25) is 14.8 Å². The first-order valence-corrected chi connectivity index (χ1v) is 7.83. The molecule has 0 aliphatic rings. The molecule has 6 nitrogen and oxygen atoms in total. The molecule has 0 saturated carbocycles. The van der Waals surface area contributed by atoms with Gasteiger partial charge in [-0.2, -0.15) is 0 Å². The molecule has 0 aliphatic carbocycles. The van der Waals surface area contributed by atoms with E-state index in [9.17, 15) is 9.59 Å². The number of carbonyl (C=O) groups excluding carboxylic acids is 2. The van der Waals surface area contributed by atoms with Gasteiger partial charge in [0.25, 0.3) is 5.91 Å². The van der Waals surface area contributed by atoms with E-state index in [1.165, 1.54) is 13.1 Å². The average molecular weight is 335 g/mol. The summed E-state index contributed by atoms with van der Waals surface area (Å²) in [6.45, 7) is 3.49. The minimum Gasteiger partial charge on any atom is -0.449 e. The molecule has 0 saturated heterocycles. The van der Waals surface area contributed by atoms with Crippen LogP contribution in [-0.2, 0) is 9.53 Å². The maximum absolute atomic E-state index is 12.4. The molecule has 0 aliphatic heterocycles. The van der Waals surface area contributed by atoms with Crippen LogP contribution < -0.4 is 5.32 Å². The van der Waals surface area contributed by atoms with Gasteiger partial charge in [0.15, 0.2) is 6.10 Å². The molecule has 0 spiro atoms. The fourth-order valence-corrected chi connectivity index (χ4v) is 2.32. The predicted molar refractivity (Wildman–Crippen MR) is 94.2 cm³/mol. The van der Waals surface area contributed by atoms with Crippen molar-refractivity contribution in [3.63, 3.8) is 0 Å². The lowest BCUT2D eigenvalue weighted by atomic mass is 10.1. The highest BCUT2D eigenvalue weighted by molar-refractivity contribution is 6.03. The third-order valence-electron chi connectivity index (χ3n) is 3.69. The Morgan fingerprint density at radius 3 is 2.52 bits per heavy atom. The van der Waals surface area contributed by atoms with Crippen molar-refractivity contribution in [3.8, 4) is 0 Å². The number of esters is 1. The molecule has 1 heterocycles. The number of carbonyl (C=O) groups is 2.